The van der Waals surface area contributed by atoms with Crippen LogP contribution in [0.3, 0.4) is 0 Å². The van der Waals surface area contributed by atoms with Crippen molar-refractivity contribution in [1.29, 1.82) is 0 Å². The summed E-state index contributed by atoms with van der Waals surface area (Å²) < 4.78 is 1.46. The number of rotatable bonds is 5. The highest BCUT2D eigenvalue weighted by Crippen LogP contribution is 2.23. The molecule has 0 aliphatic heterocycles. The molecule has 0 bridgehead atoms. The molecule has 0 radical (unpaired) electrons. The van der Waals surface area contributed by atoms with E-state index in [4.69, 9.17) is 0 Å². The minimum absolute atomic E-state index is 0.224. The third kappa shape index (κ3) is 2.92. The van der Waals surface area contributed by atoms with Crippen molar-refractivity contribution < 1.29 is 0 Å². The second-order valence-corrected chi connectivity index (χ2v) is 4.75. The minimum atomic E-state index is -0.224. The third-order valence-electron chi connectivity index (χ3n) is 2.31. The topological polar surface area (TPSA) is 75.6 Å². The molecule has 0 aliphatic carbocycles. The molecular formula is C11H15N5OS. The molecule has 2 N–H and O–H groups in total. The Morgan fingerprint density at radius 3 is 3.00 bits per heavy atom. The van der Waals surface area contributed by atoms with Gasteiger partial charge >= 0.3 is 5.69 Å². The highest BCUT2D eigenvalue weighted by molar-refractivity contribution is 7.99. The largest absolute Gasteiger partial charge is 0.370 e. The molecule has 0 atom stereocenters. The van der Waals surface area contributed by atoms with Crippen molar-refractivity contribution >= 4 is 17.6 Å². The first-order valence-corrected chi connectivity index (χ1v) is 6.52. The van der Waals surface area contributed by atoms with E-state index in [2.05, 4.69) is 27.4 Å². The molecule has 2 rings (SSSR count). The number of aromatic amines is 1. The molecule has 6 nitrogen and oxygen atoms in total. The van der Waals surface area contributed by atoms with Crippen LogP contribution in [0.2, 0.25) is 0 Å². The number of anilines is 1. The highest BCUT2D eigenvalue weighted by atomic mass is 32.2. The van der Waals surface area contributed by atoms with Gasteiger partial charge in [-0.15, -0.1) is 5.10 Å². The second-order valence-electron chi connectivity index (χ2n) is 3.76. The lowest BCUT2D eigenvalue weighted by Crippen LogP contribution is -2.12. The number of H-pyrrole nitrogens is 1. The normalized spacial score (nSPS) is 10.6. The molecule has 2 aromatic heterocycles. The van der Waals surface area contributed by atoms with Crippen LogP contribution in [0.1, 0.15) is 13.3 Å². The zero-order valence-corrected chi connectivity index (χ0v) is 11.1. The van der Waals surface area contributed by atoms with Crippen molar-refractivity contribution in [3.05, 3.63) is 28.7 Å². The molecule has 2 aromatic rings. The van der Waals surface area contributed by atoms with Gasteiger partial charge in [-0.25, -0.2) is 14.9 Å². The van der Waals surface area contributed by atoms with Gasteiger partial charge in [-0.05, 0) is 30.3 Å². The number of hydrogen-bond acceptors (Lipinski definition) is 5. The second kappa shape index (κ2) is 5.72. The van der Waals surface area contributed by atoms with Crippen LogP contribution in [-0.4, -0.2) is 26.3 Å². The number of nitrogens with zero attached hydrogens (tertiary/aromatic N) is 3. The number of nitrogens with one attached hydrogen (secondary N) is 2. The van der Waals surface area contributed by atoms with Crippen molar-refractivity contribution in [2.75, 3.05) is 11.9 Å². The fourth-order valence-corrected chi connectivity index (χ4v) is 2.13. The van der Waals surface area contributed by atoms with Crippen molar-refractivity contribution in [3.8, 4) is 0 Å². The maximum Gasteiger partial charge on any atom is 0.343 e. The van der Waals surface area contributed by atoms with Gasteiger partial charge in [0, 0.05) is 13.6 Å². The Kier molecular flexibility index (Phi) is 4.03. The summed E-state index contributed by atoms with van der Waals surface area (Å²) in [5, 5.41) is 11.0. The van der Waals surface area contributed by atoms with E-state index in [-0.39, 0.29) is 5.69 Å². The van der Waals surface area contributed by atoms with Crippen molar-refractivity contribution in [2.24, 2.45) is 7.05 Å². The maximum atomic E-state index is 11.2. The van der Waals surface area contributed by atoms with Crippen molar-refractivity contribution in [3.63, 3.8) is 0 Å². The van der Waals surface area contributed by atoms with E-state index >= 15 is 0 Å². The third-order valence-corrected chi connectivity index (χ3v) is 3.30. The monoisotopic (exact) mass is 265 g/mol. The molecule has 0 aliphatic rings. The Morgan fingerprint density at radius 1 is 1.50 bits per heavy atom. The van der Waals surface area contributed by atoms with Crippen LogP contribution >= 0.6 is 11.8 Å². The summed E-state index contributed by atoms with van der Waals surface area (Å²) in [7, 11) is 1.67. The summed E-state index contributed by atoms with van der Waals surface area (Å²) in [6, 6.07) is 5.74. The standard InChI is InChI=1S/C11H15N5OS/c1-3-7-12-8-5-4-6-9(13-8)18-11-15-14-10(17)16(11)2/h4-6H,3,7H2,1-2H3,(H,12,13)(H,14,17). The first kappa shape index (κ1) is 12.7. The fraction of sp³-hybridized carbons (Fsp3) is 0.364. The highest BCUT2D eigenvalue weighted by Gasteiger charge is 2.07. The van der Waals surface area contributed by atoms with Crippen LogP contribution in [-0.2, 0) is 7.05 Å². The molecule has 0 aromatic carbocycles. The van der Waals surface area contributed by atoms with Crippen LogP contribution in [0.5, 0.6) is 0 Å². The van der Waals surface area contributed by atoms with Crippen LogP contribution in [0.4, 0.5) is 5.82 Å². The molecule has 0 fully saturated rings. The average molecular weight is 265 g/mol. The molecule has 0 unspecified atom stereocenters. The lowest BCUT2D eigenvalue weighted by Gasteiger charge is -2.05. The zero-order chi connectivity index (χ0) is 13.0. The molecule has 96 valence electrons. The van der Waals surface area contributed by atoms with Crippen LogP contribution < -0.4 is 11.0 Å². The first-order valence-electron chi connectivity index (χ1n) is 5.71. The first-order chi connectivity index (χ1) is 8.70. The predicted octanol–water partition coefficient (Wildman–Crippen LogP) is 1.48. The average Bonchev–Trinajstić information content (AvgIpc) is 2.69. The Morgan fingerprint density at radius 2 is 2.33 bits per heavy atom. The van der Waals surface area contributed by atoms with Gasteiger partial charge in [-0.3, -0.25) is 4.57 Å². The predicted molar refractivity (Wildman–Crippen MR) is 71.0 cm³/mol. The van der Waals surface area contributed by atoms with E-state index in [9.17, 15) is 4.79 Å². The van der Waals surface area contributed by atoms with Gasteiger partial charge in [0.15, 0.2) is 5.16 Å². The molecule has 18 heavy (non-hydrogen) atoms. The Bertz CT molecular complexity index is 577. The summed E-state index contributed by atoms with van der Waals surface area (Å²) in [6.45, 7) is 2.99. The molecule has 7 heteroatoms. The summed E-state index contributed by atoms with van der Waals surface area (Å²) in [4.78, 5) is 15.7. The molecule has 0 amide bonds. The Labute approximate surface area is 109 Å². The quantitative estimate of drug-likeness (QED) is 0.856. The summed E-state index contributed by atoms with van der Waals surface area (Å²) in [5.74, 6) is 0.836. The van der Waals surface area contributed by atoms with E-state index in [1.807, 2.05) is 18.2 Å². The van der Waals surface area contributed by atoms with Crippen molar-refractivity contribution in [2.45, 2.75) is 23.5 Å². The van der Waals surface area contributed by atoms with Gasteiger partial charge < -0.3 is 5.32 Å². The van der Waals surface area contributed by atoms with Crippen LogP contribution in [0.25, 0.3) is 0 Å². The Hall–Kier alpha value is -1.76. The van der Waals surface area contributed by atoms with E-state index in [0.29, 0.717) is 5.16 Å². The smallest absolute Gasteiger partial charge is 0.343 e. The molecule has 0 saturated carbocycles. The number of hydrogen-bond donors (Lipinski definition) is 2. The van der Waals surface area contributed by atoms with Gasteiger partial charge in [-0.2, -0.15) is 0 Å². The van der Waals surface area contributed by atoms with Gasteiger partial charge in [-0.1, -0.05) is 13.0 Å². The Balaban J connectivity index is 2.14. The van der Waals surface area contributed by atoms with Crippen LogP contribution in [0.15, 0.2) is 33.2 Å². The summed E-state index contributed by atoms with van der Waals surface area (Å²) in [6.07, 6.45) is 1.05. The lowest BCUT2D eigenvalue weighted by molar-refractivity contribution is 0.765. The number of aromatic nitrogens is 4. The molecule has 0 saturated heterocycles. The molecule has 2 heterocycles. The number of pyridine rings is 1. The van der Waals surface area contributed by atoms with E-state index in [1.165, 1.54) is 16.3 Å². The van der Waals surface area contributed by atoms with Gasteiger partial charge in [0.1, 0.15) is 10.8 Å². The maximum absolute atomic E-state index is 11.2. The minimum Gasteiger partial charge on any atom is -0.370 e. The van der Waals surface area contributed by atoms with E-state index < -0.39 is 0 Å². The van der Waals surface area contributed by atoms with Crippen molar-refractivity contribution in [1.82, 2.24) is 19.7 Å². The van der Waals surface area contributed by atoms with Gasteiger partial charge in [0.2, 0.25) is 0 Å². The summed E-state index contributed by atoms with van der Waals surface area (Å²) in [5.41, 5.74) is -0.224. The van der Waals surface area contributed by atoms with E-state index in [1.54, 1.807) is 7.05 Å². The lowest BCUT2D eigenvalue weighted by atomic mass is 10.4. The van der Waals surface area contributed by atoms with Gasteiger partial charge in [0.05, 0.1) is 0 Å². The SMILES string of the molecule is CCCNc1cccc(Sc2n[nH]c(=O)n2C)n1. The van der Waals surface area contributed by atoms with E-state index in [0.717, 1.165) is 23.8 Å². The molecule has 0 spiro atoms. The summed E-state index contributed by atoms with van der Waals surface area (Å²) >= 11 is 1.35. The van der Waals surface area contributed by atoms with Gasteiger partial charge in [0.25, 0.3) is 0 Å². The fourth-order valence-electron chi connectivity index (χ4n) is 1.34. The zero-order valence-electron chi connectivity index (χ0n) is 10.3. The van der Waals surface area contributed by atoms with Crippen LogP contribution in [0, 0.1) is 0 Å². The molecular weight excluding hydrogens is 250 g/mol.